The average Bonchev–Trinajstić information content (AvgIpc) is 3.52. The molecule has 1 fully saturated rings. The van der Waals surface area contributed by atoms with E-state index in [1.54, 1.807) is 24.1 Å². The second-order valence-corrected chi connectivity index (χ2v) is 8.70. The Morgan fingerprint density at radius 2 is 1.79 bits per heavy atom. The van der Waals surface area contributed by atoms with E-state index in [1.807, 2.05) is 19.1 Å². The molecular formula is C24H28N2O6S. The highest BCUT2D eigenvalue weighted by atomic mass is 32.1. The van der Waals surface area contributed by atoms with Gasteiger partial charge in [-0.2, -0.15) is 0 Å². The Balaban J connectivity index is 1.81. The topological polar surface area (TPSA) is 79.4 Å². The first kappa shape index (κ1) is 23.1. The lowest BCUT2D eigenvalue weighted by Gasteiger charge is -2.24. The summed E-state index contributed by atoms with van der Waals surface area (Å²) in [5.74, 6) is 1.72. The molecule has 0 radical (unpaired) electrons. The average molecular weight is 473 g/mol. The van der Waals surface area contributed by atoms with Crippen LogP contribution in [0.1, 0.15) is 28.8 Å². The van der Waals surface area contributed by atoms with Crippen LogP contribution >= 0.6 is 11.3 Å². The third-order valence-electron chi connectivity index (χ3n) is 5.71. The molecule has 0 N–H and O–H groups in total. The van der Waals surface area contributed by atoms with Gasteiger partial charge in [0.25, 0.3) is 5.91 Å². The van der Waals surface area contributed by atoms with Crippen molar-refractivity contribution in [3.63, 3.8) is 0 Å². The zero-order valence-corrected chi connectivity index (χ0v) is 20.3. The Morgan fingerprint density at radius 3 is 2.36 bits per heavy atom. The number of hydrogen-bond donors (Lipinski definition) is 0. The van der Waals surface area contributed by atoms with Gasteiger partial charge in [0.2, 0.25) is 5.75 Å². The van der Waals surface area contributed by atoms with Crippen molar-refractivity contribution in [3.8, 4) is 23.0 Å². The molecule has 1 amide bonds. The summed E-state index contributed by atoms with van der Waals surface area (Å²) < 4.78 is 28.7. The van der Waals surface area contributed by atoms with E-state index < -0.39 is 0 Å². The predicted molar refractivity (Wildman–Crippen MR) is 128 cm³/mol. The van der Waals surface area contributed by atoms with E-state index in [0.717, 1.165) is 28.6 Å². The van der Waals surface area contributed by atoms with E-state index >= 15 is 0 Å². The molecule has 0 spiro atoms. The molecule has 0 aliphatic carbocycles. The number of aromatic nitrogens is 1. The van der Waals surface area contributed by atoms with Gasteiger partial charge in [0.15, 0.2) is 16.6 Å². The minimum absolute atomic E-state index is 0.0500. The Morgan fingerprint density at radius 1 is 1.09 bits per heavy atom. The van der Waals surface area contributed by atoms with Crippen LogP contribution < -0.4 is 23.8 Å². The van der Waals surface area contributed by atoms with Crippen molar-refractivity contribution in [1.29, 1.82) is 0 Å². The van der Waals surface area contributed by atoms with Gasteiger partial charge in [0.05, 0.1) is 45.8 Å². The highest BCUT2D eigenvalue weighted by Crippen LogP contribution is 2.40. The Kier molecular flexibility index (Phi) is 6.90. The van der Waals surface area contributed by atoms with E-state index in [1.165, 1.54) is 32.7 Å². The van der Waals surface area contributed by atoms with Crippen LogP contribution in [-0.4, -0.2) is 58.6 Å². The Hall–Kier alpha value is -3.04. The van der Waals surface area contributed by atoms with E-state index in [0.29, 0.717) is 46.8 Å². The van der Waals surface area contributed by atoms with Crippen LogP contribution in [0.15, 0.2) is 24.3 Å². The van der Waals surface area contributed by atoms with E-state index in [9.17, 15) is 4.79 Å². The molecule has 2 heterocycles. The van der Waals surface area contributed by atoms with Gasteiger partial charge in [-0.15, -0.1) is 0 Å². The molecule has 0 saturated carbocycles. The van der Waals surface area contributed by atoms with Gasteiger partial charge in [-0.3, -0.25) is 9.69 Å². The van der Waals surface area contributed by atoms with Crippen molar-refractivity contribution >= 4 is 32.6 Å². The molecule has 9 heteroatoms. The summed E-state index contributed by atoms with van der Waals surface area (Å²) in [6.07, 6.45) is 1.82. The van der Waals surface area contributed by atoms with Crippen molar-refractivity contribution in [3.05, 3.63) is 35.4 Å². The standard InChI is InChI=1S/C24H28N2O6S/c1-14-8-9-17(28-2)20-22(14)33-24(25-20)26(13-16-7-6-10-32-16)23(27)15-11-18(29-3)21(31-5)19(12-15)30-4/h8-9,11-12,16H,6-7,10,13H2,1-5H3. The highest BCUT2D eigenvalue weighted by molar-refractivity contribution is 7.22. The maximum atomic E-state index is 13.8. The van der Waals surface area contributed by atoms with E-state index in [4.69, 9.17) is 28.7 Å². The van der Waals surface area contributed by atoms with Crippen LogP contribution in [-0.2, 0) is 4.74 Å². The number of fused-ring (bicyclic) bond motifs is 1. The zero-order valence-electron chi connectivity index (χ0n) is 19.5. The van der Waals surface area contributed by atoms with Crippen molar-refractivity contribution < 1.29 is 28.5 Å². The molecule has 176 valence electrons. The quantitative estimate of drug-likeness (QED) is 0.479. The maximum absolute atomic E-state index is 13.8. The molecule has 4 rings (SSSR count). The van der Waals surface area contributed by atoms with Crippen molar-refractivity contribution in [2.75, 3.05) is 46.5 Å². The van der Waals surface area contributed by atoms with Crippen LogP contribution in [0.2, 0.25) is 0 Å². The zero-order chi connectivity index (χ0) is 23.5. The van der Waals surface area contributed by atoms with E-state index in [2.05, 4.69) is 0 Å². The normalized spacial score (nSPS) is 15.5. The second kappa shape index (κ2) is 9.84. The summed E-state index contributed by atoms with van der Waals surface area (Å²) >= 11 is 1.47. The first-order valence-corrected chi connectivity index (χ1v) is 11.5. The highest BCUT2D eigenvalue weighted by Gasteiger charge is 2.29. The molecule has 3 aromatic rings. The Bertz CT molecular complexity index is 1130. The number of benzene rings is 2. The van der Waals surface area contributed by atoms with E-state index in [-0.39, 0.29) is 12.0 Å². The minimum atomic E-state index is -0.222. The number of methoxy groups -OCH3 is 4. The molecule has 1 aliphatic rings. The van der Waals surface area contributed by atoms with Crippen LogP contribution in [0, 0.1) is 6.92 Å². The fraction of sp³-hybridized carbons (Fsp3) is 0.417. The third-order valence-corrected chi connectivity index (χ3v) is 6.92. The number of nitrogens with zero attached hydrogens (tertiary/aromatic N) is 2. The molecule has 1 aliphatic heterocycles. The molecule has 33 heavy (non-hydrogen) atoms. The lowest BCUT2D eigenvalue weighted by atomic mass is 10.1. The number of aryl methyl sites for hydroxylation is 1. The van der Waals surface area contributed by atoms with Gasteiger partial charge in [0.1, 0.15) is 11.3 Å². The fourth-order valence-electron chi connectivity index (χ4n) is 3.98. The van der Waals surface area contributed by atoms with Gasteiger partial charge in [-0.1, -0.05) is 17.4 Å². The lowest BCUT2D eigenvalue weighted by Crippen LogP contribution is -2.37. The van der Waals surface area contributed by atoms with Crippen LogP contribution in [0.5, 0.6) is 23.0 Å². The van der Waals surface area contributed by atoms with Gasteiger partial charge >= 0.3 is 0 Å². The number of ether oxygens (including phenoxy) is 5. The molecule has 1 aromatic heterocycles. The lowest BCUT2D eigenvalue weighted by molar-refractivity contribution is 0.0917. The van der Waals surface area contributed by atoms with Crippen LogP contribution in [0.3, 0.4) is 0 Å². The van der Waals surface area contributed by atoms with Crippen molar-refractivity contribution in [2.45, 2.75) is 25.9 Å². The van der Waals surface area contributed by atoms with Crippen LogP contribution in [0.4, 0.5) is 5.13 Å². The smallest absolute Gasteiger partial charge is 0.260 e. The monoisotopic (exact) mass is 472 g/mol. The summed E-state index contributed by atoms with van der Waals surface area (Å²) in [4.78, 5) is 20.3. The fourth-order valence-corrected chi connectivity index (χ4v) is 5.04. The number of anilines is 1. The molecule has 2 aromatic carbocycles. The molecule has 1 atom stereocenters. The van der Waals surface area contributed by atoms with Gasteiger partial charge < -0.3 is 23.7 Å². The minimum Gasteiger partial charge on any atom is -0.494 e. The molecule has 8 nitrogen and oxygen atoms in total. The number of hydrogen-bond acceptors (Lipinski definition) is 8. The number of rotatable bonds is 8. The van der Waals surface area contributed by atoms with Crippen LogP contribution in [0.25, 0.3) is 10.2 Å². The molecule has 1 saturated heterocycles. The summed E-state index contributed by atoms with van der Waals surface area (Å²) in [6.45, 7) is 3.12. The van der Waals surface area contributed by atoms with Crippen molar-refractivity contribution in [2.24, 2.45) is 0 Å². The summed E-state index contributed by atoms with van der Waals surface area (Å²) in [5, 5.41) is 0.590. The summed E-state index contributed by atoms with van der Waals surface area (Å²) in [6, 6.07) is 7.21. The number of amides is 1. The Labute approximate surface area is 197 Å². The summed E-state index contributed by atoms with van der Waals surface area (Å²) in [7, 11) is 6.20. The van der Waals surface area contributed by atoms with Crippen molar-refractivity contribution in [1.82, 2.24) is 4.98 Å². The first-order chi connectivity index (χ1) is 16.0. The first-order valence-electron chi connectivity index (χ1n) is 10.7. The largest absolute Gasteiger partial charge is 0.494 e. The second-order valence-electron chi connectivity index (χ2n) is 7.72. The van der Waals surface area contributed by atoms with Gasteiger partial charge in [-0.25, -0.2) is 4.98 Å². The molecule has 1 unspecified atom stereocenters. The third kappa shape index (κ3) is 4.43. The number of thiazole rings is 1. The summed E-state index contributed by atoms with van der Waals surface area (Å²) in [5.41, 5.74) is 2.23. The number of carbonyl (C=O) groups excluding carboxylic acids is 1. The molecular weight excluding hydrogens is 444 g/mol. The predicted octanol–water partition coefficient (Wildman–Crippen LogP) is 4.46. The van der Waals surface area contributed by atoms with Gasteiger partial charge in [0, 0.05) is 12.2 Å². The van der Waals surface area contributed by atoms with Gasteiger partial charge in [-0.05, 0) is 43.5 Å². The number of carbonyl (C=O) groups is 1. The molecule has 0 bridgehead atoms. The maximum Gasteiger partial charge on any atom is 0.260 e. The SMILES string of the molecule is COc1cc(C(=O)N(CC2CCCO2)c2nc3c(OC)ccc(C)c3s2)cc(OC)c1OC.